The van der Waals surface area contributed by atoms with E-state index in [4.69, 9.17) is 0 Å². The normalized spacial score (nSPS) is 10.5. The molecule has 0 fully saturated rings. The lowest BCUT2D eigenvalue weighted by atomic mass is 10.2. The van der Waals surface area contributed by atoms with Crippen molar-refractivity contribution >= 4 is 21.9 Å². The van der Waals surface area contributed by atoms with Crippen molar-refractivity contribution in [2.75, 3.05) is 6.61 Å². The number of hydrogen-bond acceptors (Lipinski definition) is 5. The fourth-order valence-corrected chi connectivity index (χ4v) is 1.62. The maximum absolute atomic E-state index is 13.6. The zero-order valence-electron chi connectivity index (χ0n) is 9.61. The third-order valence-electron chi connectivity index (χ3n) is 2.13. The standard InChI is InChI=1S/C11H7BrF2N2O3/c1-2-18-11(17)10-15-9(16-19-10)5-3-8(14)6(12)4-7(5)13/h3-4H,2H2,1H3. The molecular weight excluding hydrogens is 326 g/mol. The highest BCUT2D eigenvalue weighted by Crippen LogP contribution is 2.26. The average molecular weight is 333 g/mol. The van der Waals surface area contributed by atoms with Gasteiger partial charge in [-0.2, -0.15) is 4.98 Å². The van der Waals surface area contributed by atoms with E-state index in [-0.39, 0.29) is 22.5 Å². The Hall–Kier alpha value is -1.83. The highest BCUT2D eigenvalue weighted by Gasteiger charge is 2.20. The molecule has 8 heteroatoms. The molecule has 0 radical (unpaired) electrons. The van der Waals surface area contributed by atoms with E-state index < -0.39 is 23.5 Å². The number of esters is 1. The van der Waals surface area contributed by atoms with Gasteiger partial charge >= 0.3 is 11.9 Å². The molecule has 100 valence electrons. The lowest BCUT2D eigenvalue weighted by molar-refractivity contribution is 0.0470. The maximum atomic E-state index is 13.6. The summed E-state index contributed by atoms with van der Waals surface area (Å²) in [6.07, 6.45) is 0. The van der Waals surface area contributed by atoms with Gasteiger partial charge in [-0.3, -0.25) is 0 Å². The third kappa shape index (κ3) is 2.78. The van der Waals surface area contributed by atoms with E-state index in [1.54, 1.807) is 6.92 Å². The highest BCUT2D eigenvalue weighted by atomic mass is 79.9. The summed E-state index contributed by atoms with van der Waals surface area (Å²) in [4.78, 5) is 15.0. The molecule has 0 N–H and O–H groups in total. The Kier molecular flexibility index (Phi) is 3.89. The molecule has 0 spiro atoms. The van der Waals surface area contributed by atoms with Crippen LogP contribution in [0.4, 0.5) is 8.78 Å². The second-order valence-corrected chi connectivity index (χ2v) is 4.24. The molecule has 2 rings (SSSR count). The van der Waals surface area contributed by atoms with Gasteiger partial charge in [-0.15, -0.1) is 0 Å². The van der Waals surface area contributed by atoms with Gasteiger partial charge < -0.3 is 9.26 Å². The summed E-state index contributed by atoms with van der Waals surface area (Å²) >= 11 is 2.85. The first-order valence-corrected chi connectivity index (χ1v) is 5.98. The Morgan fingerprint density at radius 2 is 2.16 bits per heavy atom. The fraction of sp³-hybridized carbons (Fsp3) is 0.182. The van der Waals surface area contributed by atoms with Gasteiger partial charge in [0.2, 0.25) is 5.82 Å². The zero-order chi connectivity index (χ0) is 14.0. The Labute approximate surface area is 114 Å². The Morgan fingerprint density at radius 3 is 2.84 bits per heavy atom. The van der Waals surface area contributed by atoms with Gasteiger partial charge in [-0.25, -0.2) is 13.6 Å². The topological polar surface area (TPSA) is 65.2 Å². The van der Waals surface area contributed by atoms with E-state index in [0.29, 0.717) is 0 Å². The molecule has 0 saturated carbocycles. The van der Waals surface area contributed by atoms with Crippen LogP contribution in [0.2, 0.25) is 0 Å². The summed E-state index contributed by atoms with van der Waals surface area (Å²) in [5.74, 6) is -2.89. The minimum atomic E-state index is -0.820. The van der Waals surface area contributed by atoms with Crippen molar-refractivity contribution in [3.05, 3.63) is 34.1 Å². The maximum Gasteiger partial charge on any atom is 0.397 e. The van der Waals surface area contributed by atoms with Crippen LogP contribution in [-0.2, 0) is 4.74 Å². The first kappa shape index (κ1) is 13.6. The van der Waals surface area contributed by atoms with Crippen molar-refractivity contribution in [1.29, 1.82) is 0 Å². The van der Waals surface area contributed by atoms with Crippen molar-refractivity contribution in [1.82, 2.24) is 10.1 Å². The lowest BCUT2D eigenvalue weighted by Gasteiger charge is -1.99. The van der Waals surface area contributed by atoms with Gasteiger partial charge in [-0.1, -0.05) is 5.16 Å². The second kappa shape index (κ2) is 5.43. The molecule has 0 unspecified atom stereocenters. The van der Waals surface area contributed by atoms with Crippen LogP contribution < -0.4 is 0 Å². The van der Waals surface area contributed by atoms with E-state index in [9.17, 15) is 13.6 Å². The third-order valence-corrected chi connectivity index (χ3v) is 2.73. The monoisotopic (exact) mass is 332 g/mol. The van der Waals surface area contributed by atoms with E-state index in [1.165, 1.54) is 0 Å². The van der Waals surface area contributed by atoms with E-state index in [2.05, 4.69) is 35.3 Å². The molecule has 1 heterocycles. The first-order chi connectivity index (χ1) is 9.02. The molecule has 0 aliphatic rings. The summed E-state index contributed by atoms with van der Waals surface area (Å²) in [7, 11) is 0. The number of nitrogens with zero attached hydrogens (tertiary/aromatic N) is 2. The summed E-state index contributed by atoms with van der Waals surface area (Å²) in [5, 5.41) is 3.41. The predicted molar refractivity (Wildman–Crippen MR) is 63.3 cm³/mol. The molecule has 1 aromatic carbocycles. The number of carbonyl (C=O) groups excluding carboxylic acids is 1. The van der Waals surface area contributed by atoms with Crippen molar-refractivity contribution in [2.45, 2.75) is 6.92 Å². The quantitative estimate of drug-likeness (QED) is 0.638. The SMILES string of the molecule is CCOC(=O)c1nc(-c2cc(F)c(Br)cc2F)no1. The predicted octanol–water partition coefficient (Wildman–Crippen LogP) is 2.95. The molecule has 19 heavy (non-hydrogen) atoms. The summed E-state index contributed by atoms with van der Waals surface area (Å²) in [6.45, 7) is 1.75. The summed E-state index contributed by atoms with van der Waals surface area (Å²) in [6, 6.07) is 1.84. The fourth-order valence-electron chi connectivity index (χ4n) is 1.30. The summed E-state index contributed by atoms with van der Waals surface area (Å²) < 4.78 is 36.2. The Balaban J connectivity index is 2.38. The molecule has 0 aliphatic carbocycles. The summed E-state index contributed by atoms with van der Waals surface area (Å²) in [5.41, 5.74) is -0.208. The van der Waals surface area contributed by atoms with Crippen LogP contribution >= 0.6 is 15.9 Å². The van der Waals surface area contributed by atoms with Gasteiger partial charge in [0, 0.05) is 0 Å². The molecule has 0 aliphatic heterocycles. The number of ether oxygens (including phenoxy) is 1. The molecular formula is C11H7BrF2N2O3. The van der Waals surface area contributed by atoms with Crippen molar-refractivity contribution in [3.8, 4) is 11.4 Å². The number of benzene rings is 1. The number of carbonyl (C=O) groups is 1. The second-order valence-electron chi connectivity index (χ2n) is 3.39. The van der Waals surface area contributed by atoms with Crippen LogP contribution in [0.5, 0.6) is 0 Å². The molecule has 0 amide bonds. The van der Waals surface area contributed by atoms with Gasteiger partial charge in [-0.05, 0) is 35.0 Å². The molecule has 0 bridgehead atoms. The lowest BCUT2D eigenvalue weighted by Crippen LogP contribution is -2.04. The van der Waals surface area contributed by atoms with E-state index in [0.717, 1.165) is 12.1 Å². The Bertz CT molecular complexity index is 630. The first-order valence-electron chi connectivity index (χ1n) is 5.18. The molecule has 0 atom stereocenters. The molecule has 2 aromatic rings. The zero-order valence-corrected chi connectivity index (χ0v) is 11.2. The van der Waals surface area contributed by atoms with Crippen LogP contribution in [0.3, 0.4) is 0 Å². The van der Waals surface area contributed by atoms with Crippen molar-refractivity contribution < 1.29 is 22.8 Å². The average Bonchev–Trinajstić information content (AvgIpc) is 2.83. The van der Waals surface area contributed by atoms with Crippen LogP contribution in [0.15, 0.2) is 21.1 Å². The number of hydrogen-bond donors (Lipinski definition) is 0. The van der Waals surface area contributed by atoms with Gasteiger partial charge in [0.15, 0.2) is 0 Å². The number of rotatable bonds is 3. The Morgan fingerprint density at radius 1 is 1.42 bits per heavy atom. The van der Waals surface area contributed by atoms with Gasteiger partial charge in [0.25, 0.3) is 0 Å². The van der Waals surface area contributed by atoms with Gasteiger partial charge in [0.1, 0.15) is 11.6 Å². The van der Waals surface area contributed by atoms with Crippen LogP contribution in [0.1, 0.15) is 17.6 Å². The van der Waals surface area contributed by atoms with Gasteiger partial charge in [0.05, 0.1) is 16.6 Å². The minimum absolute atomic E-state index is 0.0251. The number of halogens is 3. The number of aromatic nitrogens is 2. The molecule has 5 nitrogen and oxygen atoms in total. The molecule has 0 saturated heterocycles. The van der Waals surface area contributed by atoms with E-state index >= 15 is 0 Å². The van der Waals surface area contributed by atoms with Crippen molar-refractivity contribution in [2.24, 2.45) is 0 Å². The van der Waals surface area contributed by atoms with Crippen LogP contribution in [0, 0.1) is 11.6 Å². The van der Waals surface area contributed by atoms with Crippen LogP contribution in [-0.4, -0.2) is 22.7 Å². The van der Waals surface area contributed by atoms with Crippen LogP contribution in [0.25, 0.3) is 11.4 Å². The van der Waals surface area contributed by atoms with Crippen molar-refractivity contribution in [3.63, 3.8) is 0 Å². The minimum Gasteiger partial charge on any atom is -0.459 e. The van der Waals surface area contributed by atoms with E-state index in [1.807, 2.05) is 0 Å². The smallest absolute Gasteiger partial charge is 0.397 e. The largest absolute Gasteiger partial charge is 0.459 e. The highest BCUT2D eigenvalue weighted by molar-refractivity contribution is 9.10. The molecule has 1 aromatic heterocycles.